The lowest BCUT2D eigenvalue weighted by Gasteiger charge is -2.02. The van der Waals surface area contributed by atoms with Crippen LogP contribution in [0.3, 0.4) is 0 Å². The summed E-state index contributed by atoms with van der Waals surface area (Å²) in [6, 6.07) is 0. The molecule has 1 heterocycles. The zero-order chi connectivity index (χ0) is 17.5. The van der Waals surface area contributed by atoms with Gasteiger partial charge in [-0.15, -0.1) is 0 Å². The Bertz CT molecular complexity index is 476. The molecule has 2 heteroatoms. The molecule has 1 aromatic rings. The smallest absolute Gasteiger partial charge is 0.234 e. The van der Waals surface area contributed by atoms with Gasteiger partial charge in [0, 0.05) is 13.3 Å². The molecule has 0 aliphatic heterocycles. The average Bonchev–Trinajstić information content (AvgIpc) is 2.93. The van der Waals surface area contributed by atoms with Gasteiger partial charge in [-0.3, -0.25) is 0 Å². The van der Waals surface area contributed by atoms with Crippen molar-refractivity contribution in [1.82, 2.24) is 4.57 Å². The monoisotopic (exact) mass is 331 g/mol. The largest absolute Gasteiger partial charge is 0.254 e. The van der Waals surface area contributed by atoms with Gasteiger partial charge in [-0.1, -0.05) is 77.1 Å². The highest BCUT2D eigenvalue weighted by molar-refractivity contribution is 5.00. The third-order valence-electron chi connectivity index (χ3n) is 4.79. The second-order valence-electron chi connectivity index (χ2n) is 6.95. The van der Waals surface area contributed by atoms with Crippen molar-refractivity contribution in [3.05, 3.63) is 18.2 Å². The molecule has 0 aliphatic rings. The number of hydrogen-bond acceptors (Lipinski definition) is 0. The van der Waals surface area contributed by atoms with Crippen LogP contribution in [0.25, 0.3) is 0 Å². The first-order chi connectivity index (χ1) is 11.8. The molecule has 0 atom stereocenters. The molecule has 0 aromatic carbocycles. The maximum absolute atomic E-state index is 3.32. The summed E-state index contributed by atoms with van der Waals surface area (Å²) in [7, 11) is 0. The summed E-state index contributed by atoms with van der Waals surface area (Å²) in [5.74, 6) is 7.96. The van der Waals surface area contributed by atoms with E-state index >= 15 is 0 Å². The second-order valence-corrected chi connectivity index (χ2v) is 6.95. The third-order valence-corrected chi connectivity index (χ3v) is 4.79. The van der Waals surface area contributed by atoms with Gasteiger partial charge in [-0.2, -0.15) is 0 Å². The van der Waals surface area contributed by atoms with Gasteiger partial charge in [-0.05, 0) is 19.3 Å². The normalized spacial score (nSPS) is 10.6. The van der Waals surface area contributed by atoms with E-state index in [0.29, 0.717) is 0 Å². The zero-order valence-corrected chi connectivity index (χ0v) is 16.4. The summed E-state index contributed by atoms with van der Waals surface area (Å²) in [5.41, 5.74) is 0. The number of unbranched alkanes of at least 4 members (excludes halogenated alkanes) is 10. The average molecular weight is 332 g/mol. The number of imidazole rings is 1. The maximum Gasteiger partial charge on any atom is 0.254 e. The van der Waals surface area contributed by atoms with E-state index in [1.807, 2.05) is 0 Å². The van der Waals surface area contributed by atoms with Gasteiger partial charge in [0.15, 0.2) is 6.54 Å². The van der Waals surface area contributed by atoms with E-state index in [1.54, 1.807) is 0 Å². The molecular weight excluding hydrogens is 292 g/mol. The predicted octanol–water partition coefficient (Wildman–Crippen LogP) is 5.81. The Balaban J connectivity index is 2.17. The molecular formula is C22H39N2+. The minimum atomic E-state index is 0.836. The van der Waals surface area contributed by atoms with Crippen LogP contribution in [0.4, 0.5) is 0 Å². The van der Waals surface area contributed by atoms with Crippen LogP contribution >= 0.6 is 0 Å². The van der Waals surface area contributed by atoms with E-state index in [4.69, 9.17) is 0 Å². The third kappa shape index (κ3) is 9.16. The van der Waals surface area contributed by atoms with Crippen LogP contribution in [-0.2, 0) is 13.1 Å². The van der Waals surface area contributed by atoms with Crippen LogP contribution in [0.5, 0.6) is 0 Å². The molecule has 0 amide bonds. The summed E-state index contributed by atoms with van der Waals surface area (Å²) in [4.78, 5) is 0. The summed E-state index contributed by atoms with van der Waals surface area (Å²) in [5, 5.41) is 0. The number of nitrogens with zero attached hydrogens (tertiary/aromatic N) is 2. The summed E-state index contributed by atoms with van der Waals surface area (Å²) in [6.45, 7) is 8.72. The van der Waals surface area contributed by atoms with Gasteiger partial charge < -0.3 is 0 Å². The van der Waals surface area contributed by atoms with Gasteiger partial charge in [0.05, 0.1) is 6.54 Å². The zero-order valence-electron chi connectivity index (χ0n) is 16.4. The number of rotatable bonds is 13. The highest BCUT2D eigenvalue weighted by Gasteiger charge is 2.10. The van der Waals surface area contributed by atoms with Crippen molar-refractivity contribution in [3.8, 4) is 11.8 Å². The number of hydrogen-bond donors (Lipinski definition) is 0. The van der Waals surface area contributed by atoms with Crippen LogP contribution in [0, 0.1) is 18.8 Å². The maximum atomic E-state index is 3.32. The van der Waals surface area contributed by atoms with Gasteiger partial charge >= 0.3 is 0 Å². The lowest BCUT2D eigenvalue weighted by atomic mass is 10.1. The van der Waals surface area contributed by atoms with Crippen LogP contribution in [0.15, 0.2) is 12.4 Å². The molecule has 0 saturated heterocycles. The highest BCUT2D eigenvalue weighted by Crippen LogP contribution is 2.08. The quantitative estimate of drug-likeness (QED) is 0.245. The fraction of sp³-hybridized carbons (Fsp3) is 0.773. The Kier molecular flexibility index (Phi) is 12.3. The lowest BCUT2D eigenvalue weighted by Crippen LogP contribution is -2.35. The van der Waals surface area contributed by atoms with E-state index in [9.17, 15) is 0 Å². The van der Waals surface area contributed by atoms with Crippen molar-refractivity contribution in [3.63, 3.8) is 0 Å². The first kappa shape index (κ1) is 20.8. The Hall–Kier alpha value is -1.23. The summed E-state index contributed by atoms with van der Waals surface area (Å²) in [6.07, 6.45) is 20.3. The van der Waals surface area contributed by atoms with Crippen LogP contribution < -0.4 is 4.57 Å². The van der Waals surface area contributed by atoms with E-state index in [0.717, 1.165) is 19.5 Å². The fourth-order valence-corrected chi connectivity index (χ4v) is 3.05. The molecule has 136 valence electrons. The molecule has 1 rings (SSSR count). The SMILES string of the molecule is CCCCCC#CCn1cc[n+](CCCCCCCCCC)c1C. The Morgan fingerprint density at radius 2 is 1.46 bits per heavy atom. The molecule has 0 bridgehead atoms. The van der Waals surface area contributed by atoms with E-state index in [1.165, 1.54) is 76.5 Å². The fourth-order valence-electron chi connectivity index (χ4n) is 3.05. The van der Waals surface area contributed by atoms with Crippen molar-refractivity contribution in [2.24, 2.45) is 0 Å². The van der Waals surface area contributed by atoms with Gasteiger partial charge in [0.25, 0.3) is 5.82 Å². The Morgan fingerprint density at radius 1 is 0.833 bits per heavy atom. The Labute approximate surface area is 150 Å². The molecule has 0 N–H and O–H groups in total. The first-order valence-corrected chi connectivity index (χ1v) is 10.3. The summed E-state index contributed by atoms with van der Waals surface area (Å²) >= 11 is 0. The molecule has 2 nitrogen and oxygen atoms in total. The van der Waals surface area contributed by atoms with E-state index in [2.05, 4.69) is 54.1 Å². The summed E-state index contributed by atoms with van der Waals surface area (Å²) < 4.78 is 4.66. The molecule has 0 aliphatic carbocycles. The van der Waals surface area contributed by atoms with E-state index < -0.39 is 0 Å². The van der Waals surface area contributed by atoms with Gasteiger partial charge in [0.1, 0.15) is 12.4 Å². The predicted molar refractivity (Wildman–Crippen MR) is 104 cm³/mol. The number of aryl methyl sites for hydroxylation is 1. The van der Waals surface area contributed by atoms with E-state index in [-0.39, 0.29) is 0 Å². The van der Waals surface area contributed by atoms with Crippen molar-refractivity contribution in [1.29, 1.82) is 0 Å². The molecule has 0 unspecified atom stereocenters. The standard InChI is InChI=1S/C22H39N2/c1-4-6-8-10-12-13-15-17-19-24-21-20-23(22(24)3)18-16-14-11-9-7-5-2/h20-21H,4-13,15,17-19H2,1-3H3/q+1. The molecule has 0 saturated carbocycles. The van der Waals surface area contributed by atoms with Crippen molar-refractivity contribution < 1.29 is 4.57 Å². The van der Waals surface area contributed by atoms with Crippen LogP contribution in [0.1, 0.15) is 96.7 Å². The van der Waals surface area contributed by atoms with Gasteiger partial charge in [-0.25, -0.2) is 9.13 Å². The van der Waals surface area contributed by atoms with Crippen molar-refractivity contribution in [2.45, 2.75) is 111 Å². The molecule has 0 fully saturated rings. The Morgan fingerprint density at radius 3 is 2.17 bits per heavy atom. The minimum absolute atomic E-state index is 0.836. The number of aromatic nitrogens is 2. The first-order valence-electron chi connectivity index (χ1n) is 10.3. The van der Waals surface area contributed by atoms with Crippen LogP contribution in [-0.4, -0.2) is 4.57 Å². The molecule has 1 aromatic heterocycles. The highest BCUT2D eigenvalue weighted by atomic mass is 15.1. The topological polar surface area (TPSA) is 8.81 Å². The molecule has 0 spiro atoms. The van der Waals surface area contributed by atoms with Crippen molar-refractivity contribution in [2.75, 3.05) is 0 Å². The molecule has 0 radical (unpaired) electrons. The minimum Gasteiger partial charge on any atom is -0.234 e. The van der Waals surface area contributed by atoms with Crippen molar-refractivity contribution >= 4 is 0 Å². The van der Waals surface area contributed by atoms with Gasteiger partial charge in [0.2, 0.25) is 0 Å². The lowest BCUT2D eigenvalue weighted by molar-refractivity contribution is -0.702. The van der Waals surface area contributed by atoms with Crippen LogP contribution in [0.2, 0.25) is 0 Å². The second kappa shape index (κ2) is 14.1. The molecule has 24 heavy (non-hydrogen) atoms.